The van der Waals surface area contributed by atoms with Crippen LogP contribution < -0.4 is 35.9 Å². The van der Waals surface area contributed by atoms with Crippen molar-refractivity contribution < 1.29 is 65.4 Å². The minimum Gasteiger partial charge on any atom is -0.358 e. The van der Waals surface area contributed by atoms with Crippen LogP contribution in [0.1, 0.15) is 124 Å². The predicted molar refractivity (Wildman–Crippen MR) is 604 cm³/mol. The Kier molecular flexibility index (Phi) is 67.1. The smallest absolute Gasteiger partial charge is 0.206 e. The van der Waals surface area contributed by atoms with E-state index in [2.05, 4.69) is 443 Å². The molecule has 0 bridgehead atoms. The number of hydrogen-bond acceptors (Lipinski definition) is 9. The average Bonchev–Trinajstić information content (AvgIpc) is 1.72. The number of para-hydroxylation sites is 2. The van der Waals surface area contributed by atoms with Crippen LogP contribution in [-0.2, 0) is 71.8 Å². The Morgan fingerprint density at radius 3 is 0.962 bits per heavy atom. The summed E-state index contributed by atoms with van der Waals surface area (Å²) in [5.41, 5.74) is 7.76. The van der Waals surface area contributed by atoms with Crippen LogP contribution in [0.3, 0.4) is 0 Å². The van der Waals surface area contributed by atoms with Crippen molar-refractivity contribution in [1.29, 1.82) is 0 Å². The molecule has 2 radical (unpaired) electrons. The van der Waals surface area contributed by atoms with Crippen molar-refractivity contribution >= 4 is 164 Å². The molecule has 0 N–H and O–H groups in total. The van der Waals surface area contributed by atoms with Crippen molar-refractivity contribution in [2.24, 2.45) is 0 Å². The largest absolute Gasteiger partial charge is 0.358 e. The van der Waals surface area contributed by atoms with Crippen LogP contribution in [0, 0.1) is 56.4 Å². The zero-order valence-electron chi connectivity index (χ0n) is 82.0. The third kappa shape index (κ3) is 41.5. The molecule has 0 saturated heterocycles. The Labute approximate surface area is 878 Å². The number of fused-ring (bicyclic) bond motifs is 1. The van der Waals surface area contributed by atoms with Crippen molar-refractivity contribution in [2.45, 2.75) is 159 Å². The molecule has 18 aromatic rings. The van der Waals surface area contributed by atoms with E-state index in [0.717, 1.165) is 0 Å². The molecule has 131 heavy (non-hydrogen) atoms. The minimum atomic E-state index is -2.26. The van der Waals surface area contributed by atoms with E-state index in [0.29, 0.717) is 6.71 Å². The molecule has 0 aliphatic heterocycles. The average molecular weight is 2050 g/mol. The first-order chi connectivity index (χ1) is 62.3. The molecule has 12 aromatic carbocycles. The minimum absolute atomic E-state index is 0. The maximum Gasteiger partial charge on any atom is 0.206 e. The fourth-order valence-electron chi connectivity index (χ4n) is 12.8. The number of thioether (sulfide) groups is 1. The number of aryl methyl sites for hydroxylation is 7. The number of nitrogens with zero attached hydrogens (tertiary/aromatic N) is 1. The van der Waals surface area contributed by atoms with E-state index in [1.54, 1.807) is 11.8 Å². The summed E-state index contributed by atoms with van der Waals surface area (Å²) in [6.07, 6.45) is 3.26. The molecule has 0 fully saturated rings. The molecular formula is C118H140BNS8SiY2-2. The Hall–Kier alpha value is -7.91. The summed E-state index contributed by atoms with van der Waals surface area (Å²) in [5.74, 6) is 0. The van der Waals surface area contributed by atoms with Crippen molar-refractivity contribution in [3.8, 4) is 20.9 Å². The van der Waals surface area contributed by atoms with Crippen LogP contribution in [0.4, 0.5) is 16.4 Å². The van der Waals surface area contributed by atoms with E-state index in [1.807, 2.05) is 205 Å². The molecule has 0 atom stereocenters. The molecule has 13 heteroatoms. The first-order valence-corrected chi connectivity index (χ1v) is 53.7. The van der Waals surface area contributed by atoms with Crippen molar-refractivity contribution in [3.63, 3.8) is 0 Å². The van der Waals surface area contributed by atoms with E-state index >= 15 is 0 Å². The first kappa shape index (κ1) is 121. The first-order valence-electron chi connectivity index (χ1n) is 44.7. The monoisotopic (exact) mass is 2040 g/mol. The van der Waals surface area contributed by atoms with E-state index in [4.69, 9.17) is 0 Å². The second kappa shape index (κ2) is 72.5. The predicted octanol–water partition coefficient (Wildman–Crippen LogP) is 35.8. The van der Waals surface area contributed by atoms with Crippen molar-refractivity contribution in [2.75, 3.05) is 11.2 Å². The molecule has 6 aromatic heterocycles. The van der Waals surface area contributed by atoms with Crippen LogP contribution in [-0.4, -0.2) is 21.0 Å². The van der Waals surface area contributed by atoms with Crippen molar-refractivity contribution in [3.05, 3.63) is 468 Å². The van der Waals surface area contributed by atoms with Gasteiger partial charge in [-0.2, -0.15) is 0 Å². The number of hydrogen-bond donors (Lipinski definition) is 0. The summed E-state index contributed by atoms with van der Waals surface area (Å²) in [7, 11) is -2.26. The second-order valence-corrected chi connectivity index (χ2v) is 41.3. The molecule has 0 amide bonds. The normalized spacial score (nSPS) is 9.41. The van der Waals surface area contributed by atoms with Crippen LogP contribution in [0.5, 0.6) is 0 Å². The van der Waals surface area contributed by atoms with Crippen LogP contribution >= 0.6 is 91.5 Å². The number of benzene rings is 12. The van der Waals surface area contributed by atoms with Gasteiger partial charge >= 0.3 is 0 Å². The number of anilines is 3. The fourth-order valence-corrected chi connectivity index (χ4v) is 25.9. The van der Waals surface area contributed by atoms with Gasteiger partial charge < -0.3 is 19.8 Å². The van der Waals surface area contributed by atoms with E-state index in [1.165, 1.54) is 134 Å². The number of rotatable bonds is 15. The summed E-state index contributed by atoms with van der Waals surface area (Å²) in [6, 6.07) is 148. The van der Waals surface area contributed by atoms with Gasteiger partial charge in [-0.3, -0.25) is 0 Å². The Morgan fingerprint density at radius 2 is 0.618 bits per heavy atom. The van der Waals surface area contributed by atoms with Crippen LogP contribution in [0.25, 0.3) is 31.7 Å². The van der Waals surface area contributed by atoms with E-state index < -0.39 is 8.07 Å². The second-order valence-electron chi connectivity index (χ2n) is 27.1. The van der Waals surface area contributed by atoms with Crippen LogP contribution in [0.2, 0.25) is 6.82 Å². The third-order valence-corrected chi connectivity index (χ3v) is 32.3. The molecule has 0 aliphatic rings. The third-order valence-electron chi connectivity index (χ3n) is 18.7. The van der Waals surface area contributed by atoms with Gasteiger partial charge in [-0.15, -0.1) is 79.8 Å². The maximum atomic E-state index is 2.35. The topological polar surface area (TPSA) is 3.24 Å². The maximum absolute atomic E-state index is 2.35. The van der Waals surface area contributed by atoms with E-state index in [-0.39, 0.29) is 80.3 Å². The van der Waals surface area contributed by atoms with Gasteiger partial charge in [0, 0.05) is 135 Å². The van der Waals surface area contributed by atoms with Gasteiger partial charge in [-0.1, -0.05) is 417 Å². The fraction of sp³-hybridized carbons (Fsp3) is 0.186. The standard InChI is InChI=1S/C23H20SSi.C17H15NS.C15H12S.C13H13B.C11H10S2.C11H10S.C7H8S.C7H10S.6C2H6.2CH3.2Y/c1-19-17-18-23(24-19)25(20-11-5-2-6-12-20,21-13-7-3-8-14-21)22-15-9-4-10-16-22;1-14-12-13-17(19-14)18(15-8-4-2-5-9-15)16-10-6-3-7-11-16;1-11-6-9-15(16-11)14-8-7-12-4-2-3-5-13(12)10-14;1-14(12-8-4-2-5-9-12)13-10-6-3-7-11-13;1-9-7-8-11(12-9)13-10-5-3-2-4-6-10;1-9-7-8-11(12-9)10-5-3-2-4-6-10;1-8-7-5-3-2-4-6-7;1-3-7-5-4-6(2)8-7;6*1-2;;;;/h2-18H,1H3;2-13H,1H3;2-10H,1H3;2-11H,1H3;2-8H,1H3;2-8H,1H3;2-6H,1H3;4-5H,3H2,1-2H3;6*1-2H3;2*1H3;;/q;;;;;;;;;;;;;;2*-1;;. The van der Waals surface area contributed by atoms with Gasteiger partial charge in [0.25, 0.3) is 0 Å². The van der Waals surface area contributed by atoms with Gasteiger partial charge in [-0.25, -0.2) is 0 Å². The summed E-state index contributed by atoms with van der Waals surface area (Å²) in [4.78, 5) is 17.3. The quantitative estimate of drug-likeness (QED) is 0.0436. The SMILES string of the molecule is CB(c1ccccc1)c1ccccc1.CC.CC.CC.CC.CC.CC.CCc1ccc(C)s1.CSc1ccccc1.Cc1ccc(-c2ccc3ccccc3c2)s1.Cc1ccc(-c2ccccc2)s1.Cc1ccc(N(c2ccccc2)c2ccccc2)s1.Cc1ccc(Sc2ccccc2)s1.Cc1ccc([Si](c2ccccc2)(c2ccccc2)c2ccccc2)s1.[CH3-].[CH3-].[Y].[Y]. The zero-order chi connectivity index (χ0) is 92.2. The van der Waals surface area contributed by atoms with Crippen molar-refractivity contribution in [1.82, 2.24) is 0 Å². The summed E-state index contributed by atoms with van der Waals surface area (Å²) in [6.45, 7) is 41.8. The Balaban J connectivity index is 0.000000747. The summed E-state index contributed by atoms with van der Waals surface area (Å²) in [5, 5.41) is 8.18. The molecular weight excluding hydrogens is 1900 g/mol. The molecule has 18 rings (SSSR count). The summed E-state index contributed by atoms with van der Waals surface area (Å²) < 4.78 is 2.86. The van der Waals surface area contributed by atoms with Crippen LogP contribution in [0.15, 0.2) is 433 Å². The number of thiophene rings is 6. The van der Waals surface area contributed by atoms with E-state index in [9.17, 15) is 0 Å². The molecule has 0 unspecified atom stereocenters. The van der Waals surface area contributed by atoms with Gasteiger partial charge in [0.05, 0.1) is 4.21 Å². The van der Waals surface area contributed by atoms with Gasteiger partial charge in [0.1, 0.15) is 5.00 Å². The Bertz CT molecular complexity index is 5530. The van der Waals surface area contributed by atoms with Gasteiger partial charge in [0.2, 0.25) is 6.71 Å². The van der Waals surface area contributed by atoms with Gasteiger partial charge in [-0.05, 0) is 213 Å². The molecule has 0 saturated carbocycles. The molecule has 0 aliphatic carbocycles. The van der Waals surface area contributed by atoms with Gasteiger partial charge in [0.15, 0.2) is 8.07 Å². The molecule has 1 nitrogen and oxygen atoms in total. The zero-order valence-corrected chi connectivity index (χ0v) is 95.2. The molecule has 0 spiro atoms. The summed E-state index contributed by atoms with van der Waals surface area (Å²) >= 11 is 14.8. The Morgan fingerprint density at radius 1 is 0.290 bits per heavy atom. The molecule has 6 heterocycles. The molecule has 680 valence electrons.